The summed E-state index contributed by atoms with van der Waals surface area (Å²) in [5, 5.41) is 9.29. The number of aliphatic hydroxyl groups excluding tert-OH is 1. The van der Waals surface area contributed by atoms with Gasteiger partial charge in [0.15, 0.2) is 0 Å². The molecule has 2 aromatic rings. The van der Waals surface area contributed by atoms with Crippen molar-refractivity contribution in [3.63, 3.8) is 0 Å². The Morgan fingerprint density at radius 3 is 3.06 bits per heavy atom. The fourth-order valence-electron chi connectivity index (χ4n) is 1.63. The average molecular weight is 230 g/mol. The van der Waals surface area contributed by atoms with Gasteiger partial charge in [-0.2, -0.15) is 0 Å². The van der Waals surface area contributed by atoms with Crippen LogP contribution in [0.25, 0.3) is 17.0 Å². The van der Waals surface area contributed by atoms with Gasteiger partial charge >= 0.3 is 0 Å². The van der Waals surface area contributed by atoms with Crippen molar-refractivity contribution in [1.82, 2.24) is 9.55 Å². The van der Waals surface area contributed by atoms with E-state index in [0.717, 1.165) is 5.56 Å². The van der Waals surface area contributed by atoms with Crippen LogP contribution in [-0.2, 0) is 7.05 Å². The van der Waals surface area contributed by atoms with Gasteiger partial charge in [0.1, 0.15) is 0 Å². The molecule has 88 valence electrons. The summed E-state index contributed by atoms with van der Waals surface area (Å²) in [5.74, 6) is 0. The predicted octanol–water partition coefficient (Wildman–Crippen LogP) is 1.33. The molecule has 1 heterocycles. The molecule has 4 heteroatoms. The van der Waals surface area contributed by atoms with Crippen LogP contribution in [0.1, 0.15) is 12.0 Å². The Balaban J connectivity index is 2.49. The Bertz CT molecular complexity index is 614. The fraction of sp³-hybridized carbons (Fsp3) is 0.231. The predicted molar refractivity (Wildman–Crippen MR) is 67.7 cm³/mol. The first-order valence-electron chi connectivity index (χ1n) is 5.45. The molecule has 1 aromatic carbocycles. The number of aryl methyl sites for hydroxylation is 1. The number of hydrogen-bond donors (Lipinski definition) is 1. The zero-order chi connectivity index (χ0) is 12.3. The average Bonchev–Trinajstić information content (AvgIpc) is 2.35. The van der Waals surface area contributed by atoms with Gasteiger partial charge in [-0.05, 0) is 24.1 Å². The normalized spacial score (nSPS) is 11.4. The van der Waals surface area contributed by atoms with Gasteiger partial charge in [0, 0.05) is 13.7 Å². The van der Waals surface area contributed by atoms with Gasteiger partial charge < -0.3 is 9.67 Å². The first-order valence-corrected chi connectivity index (χ1v) is 5.45. The van der Waals surface area contributed by atoms with Crippen LogP contribution in [0.5, 0.6) is 0 Å². The Hall–Kier alpha value is -1.94. The third-order valence-corrected chi connectivity index (χ3v) is 2.55. The smallest absolute Gasteiger partial charge is 0.260 e. The van der Waals surface area contributed by atoms with Crippen LogP contribution in [-0.4, -0.2) is 21.3 Å². The summed E-state index contributed by atoms with van der Waals surface area (Å²) < 4.78 is 1.46. The number of hydrogen-bond acceptors (Lipinski definition) is 3. The van der Waals surface area contributed by atoms with Crippen molar-refractivity contribution >= 4 is 17.0 Å². The molecule has 4 nitrogen and oxygen atoms in total. The van der Waals surface area contributed by atoms with Gasteiger partial charge in [-0.3, -0.25) is 4.79 Å². The molecule has 0 amide bonds. The van der Waals surface area contributed by atoms with E-state index in [-0.39, 0.29) is 12.2 Å². The summed E-state index contributed by atoms with van der Waals surface area (Å²) in [6.07, 6.45) is 5.90. The molecule has 0 unspecified atom stereocenters. The standard InChI is InChI=1S/C13H14N2O2/c1-15-9-14-12-6-5-10(4-2-3-7-16)8-11(12)13(15)17/h2,4-6,8-9,16H,3,7H2,1H3. The largest absolute Gasteiger partial charge is 0.396 e. The lowest BCUT2D eigenvalue weighted by molar-refractivity contribution is 0.303. The maximum absolute atomic E-state index is 11.9. The van der Waals surface area contributed by atoms with Crippen LogP contribution >= 0.6 is 0 Å². The molecule has 0 radical (unpaired) electrons. The molecule has 1 aromatic heterocycles. The van der Waals surface area contributed by atoms with E-state index in [4.69, 9.17) is 5.11 Å². The molecule has 2 rings (SSSR count). The van der Waals surface area contributed by atoms with Crippen molar-refractivity contribution in [2.24, 2.45) is 7.05 Å². The Morgan fingerprint density at radius 2 is 2.29 bits per heavy atom. The SMILES string of the molecule is Cn1cnc2ccc(C=CCCO)cc2c1=O. The van der Waals surface area contributed by atoms with Crippen LogP contribution in [0, 0.1) is 0 Å². The van der Waals surface area contributed by atoms with Crippen molar-refractivity contribution in [2.45, 2.75) is 6.42 Å². The molecule has 0 aliphatic carbocycles. The van der Waals surface area contributed by atoms with Crippen molar-refractivity contribution < 1.29 is 5.11 Å². The second-order valence-electron chi connectivity index (χ2n) is 3.85. The van der Waals surface area contributed by atoms with E-state index < -0.39 is 0 Å². The lowest BCUT2D eigenvalue weighted by Crippen LogP contribution is -2.16. The number of rotatable bonds is 3. The second kappa shape index (κ2) is 4.93. The van der Waals surface area contributed by atoms with Crippen LogP contribution < -0.4 is 5.56 Å². The number of fused-ring (bicyclic) bond motifs is 1. The number of aliphatic hydroxyl groups is 1. The monoisotopic (exact) mass is 230 g/mol. The first-order chi connectivity index (χ1) is 8.22. The quantitative estimate of drug-likeness (QED) is 0.865. The fourth-order valence-corrected chi connectivity index (χ4v) is 1.63. The minimum Gasteiger partial charge on any atom is -0.396 e. The summed E-state index contributed by atoms with van der Waals surface area (Å²) in [6, 6.07) is 5.55. The first kappa shape index (κ1) is 11.5. The Morgan fingerprint density at radius 1 is 1.47 bits per heavy atom. The van der Waals surface area contributed by atoms with Gasteiger partial charge in [-0.15, -0.1) is 0 Å². The lowest BCUT2D eigenvalue weighted by Gasteiger charge is -2.01. The molecule has 0 aliphatic heterocycles. The van der Waals surface area contributed by atoms with E-state index >= 15 is 0 Å². The zero-order valence-electron chi connectivity index (χ0n) is 9.63. The molecule has 0 fully saturated rings. The summed E-state index contributed by atoms with van der Waals surface area (Å²) in [5.41, 5.74) is 1.59. The van der Waals surface area contributed by atoms with E-state index in [1.54, 1.807) is 7.05 Å². The summed E-state index contributed by atoms with van der Waals surface area (Å²) in [7, 11) is 1.68. The van der Waals surface area contributed by atoms with Gasteiger partial charge in [0.2, 0.25) is 0 Å². The van der Waals surface area contributed by atoms with E-state index in [2.05, 4.69) is 4.98 Å². The maximum Gasteiger partial charge on any atom is 0.260 e. The highest BCUT2D eigenvalue weighted by Crippen LogP contribution is 2.11. The molecule has 0 bridgehead atoms. The molecule has 0 aliphatic rings. The molecule has 0 saturated heterocycles. The van der Waals surface area contributed by atoms with Crippen molar-refractivity contribution in [3.05, 3.63) is 46.5 Å². The zero-order valence-corrected chi connectivity index (χ0v) is 9.63. The van der Waals surface area contributed by atoms with Gasteiger partial charge in [-0.25, -0.2) is 4.98 Å². The van der Waals surface area contributed by atoms with E-state index in [9.17, 15) is 4.79 Å². The molecule has 0 spiro atoms. The Kier molecular flexibility index (Phi) is 3.35. The molecule has 17 heavy (non-hydrogen) atoms. The molecule has 0 saturated carbocycles. The maximum atomic E-state index is 11.9. The lowest BCUT2D eigenvalue weighted by atomic mass is 10.1. The molecular weight excluding hydrogens is 216 g/mol. The third-order valence-electron chi connectivity index (χ3n) is 2.55. The summed E-state index contributed by atoms with van der Waals surface area (Å²) >= 11 is 0. The number of nitrogens with zero attached hydrogens (tertiary/aromatic N) is 2. The van der Waals surface area contributed by atoms with Crippen molar-refractivity contribution in [1.29, 1.82) is 0 Å². The third kappa shape index (κ3) is 2.42. The summed E-state index contributed by atoms with van der Waals surface area (Å²) in [4.78, 5) is 16.0. The Labute approximate surface area is 98.9 Å². The highest BCUT2D eigenvalue weighted by Gasteiger charge is 2.01. The van der Waals surface area contributed by atoms with Crippen molar-refractivity contribution in [2.75, 3.05) is 6.61 Å². The molecule has 0 atom stereocenters. The van der Waals surface area contributed by atoms with Crippen LogP contribution in [0.3, 0.4) is 0 Å². The minimum atomic E-state index is -0.0487. The van der Waals surface area contributed by atoms with Crippen LogP contribution in [0.15, 0.2) is 35.4 Å². The van der Waals surface area contributed by atoms with Crippen LogP contribution in [0.4, 0.5) is 0 Å². The molecule has 1 N–H and O–H groups in total. The van der Waals surface area contributed by atoms with Gasteiger partial charge in [0.25, 0.3) is 5.56 Å². The highest BCUT2D eigenvalue weighted by molar-refractivity contribution is 5.80. The van der Waals surface area contributed by atoms with Crippen LogP contribution in [0.2, 0.25) is 0 Å². The van der Waals surface area contributed by atoms with E-state index in [0.29, 0.717) is 17.3 Å². The number of benzene rings is 1. The van der Waals surface area contributed by atoms with Crippen molar-refractivity contribution in [3.8, 4) is 0 Å². The summed E-state index contributed by atoms with van der Waals surface area (Å²) in [6.45, 7) is 0.132. The molecular formula is C13H14N2O2. The minimum absolute atomic E-state index is 0.0487. The number of aromatic nitrogens is 2. The highest BCUT2D eigenvalue weighted by atomic mass is 16.2. The topological polar surface area (TPSA) is 55.1 Å². The van der Waals surface area contributed by atoms with Gasteiger partial charge in [-0.1, -0.05) is 18.2 Å². The van der Waals surface area contributed by atoms with Gasteiger partial charge in [0.05, 0.1) is 17.2 Å². The van der Waals surface area contributed by atoms with E-state index in [1.807, 2.05) is 30.4 Å². The second-order valence-corrected chi connectivity index (χ2v) is 3.85. The van der Waals surface area contributed by atoms with E-state index in [1.165, 1.54) is 10.9 Å².